The lowest BCUT2D eigenvalue weighted by Crippen LogP contribution is -1.79. The SMILES string of the molecule is Clc1ccc(CSc2nnc(SCc3ccccc3)s2)cc1. The first-order valence-electron chi connectivity index (χ1n) is 6.67. The molecule has 3 rings (SSSR count). The molecule has 2 nitrogen and oxygen atoms in total. The second-order valence-corrected chi connectivity index (χ2v) is 8.38. The summed E-state index contributed by atoms with van der Waals surface area (Å²) in [5.74, 6) is 1.81. The molecule has 2 aromatic carbocycles. The topological polar surface area (TPSA) is 25.8 Å². The smallest absolute Gasteiger partial charge is 0.131 e. The van der Waals surface area contributed by atoms with Crippen LogP contribution in [-0.4, -0.2) is 10.2 Å². The van der Waals surface area contributed by atoms with Crippen LogP contribution in [0.3, 0.4) is 0 Å². The Bertz CT molecular complexity index is 714. The molecule has 3 aromatic rings. The van der Waals surface area contributed by atoms with Crippen LogP contribution in [0.15, 0.2) is 63.3 Å². The van der Waals surface area contributed by atoms with Crippen molar-refractivity contribution >= 4 is 46.5 Å². The first kappa shape index (κ1) is 15.9. The number of aromatic nitrogens is 2. The number of thioether (sulfide) groups is 2. The van der Waals surface area contributed by atoms with Gasteiger partial charge in [-0.25, -0.2) is 0 Å². The predicted molar refractivity (Wildman–Crippen MR) is 96.9 cm³/mol. The Morgan fingerprint density at radius 3 is 1.91 bits per heavy atom. The first-order valence-corrected chi connectivity index (χ1v) is 9.83. The van der Waals surface area contributed by atoms with Crippen molar-refractivity contribution in [2.24, 2.45) is 0 Å². The van der Waals surface area contributed by atoms with Crippen LogP contribution in [0.1, 0.15) is 11.1 Å². The van der Waals surface area contributed by atoms with E-state index in [9.17, 15) is 0 Å². The van der Waals surface area contributed by atoms with E-state index in [1.807, 2.05) is 30.3 Å². The van der Waals surface area contributed by atoms with E-state index in [4.69, 9.17) is 11.6 Å². The summed E-state index contributed by atoms with van der Waals surface area (Å²) in [6.07, 6.45) is 0. The van der Waals surface area contributed by atoms with Gasteiger partial charge in [-0.2, -0.15) is 0 Å². The Hall–Kier alpha value is -1.01. The molecule has 0 saturated carbocycles. The van der Waals surface area contributed by atoms with Gasteiger partial charge in [0.25, 0.3) is 0 Å². The summed E-state index contributed by atoms with van der Waals surface area (Å²) in [5, 5.41) is 9.26. The molecular formula is C16H13ClN2S3. The molecule has 0 radical (unpaired) electrons. The van der Waals surface area contributed by atoms with Crippen molar-refractivity contribution in [1.29, 1.82) is 0 Å². The molecule has 0 aliphatic heterocycles. The van der Waals surface area contributed by atoms with Crippen molar-refractivity contribution in [2.75, 3.05) is 0 Å². The van der Waals surface area contributed by atoms with Crippen molar-refractivity contribution in [3.8, 4) is 0 Å². The largest absolute Gasteiger partial charge is 0.175 e. The maximum atomic E-state index is 5.89. The Morgan fingerprint density at radius 2 is 1.32 bits per heavy atom. The van der Waals surface area contributed by atoms with Crippen LogP contribution in [0.4, 0.5) is 0 Å². The standard InChI is InChI=1S/C16H13ClN2S3/c17-14-8-6-13(7-9-14)11-21-16-19-18-15(22-16)20-10-12-4-2-1-3-5-12/h1-9H,10-11H2. The number of hydrogen-bond donors (Lipinski definition) is 0. The zero-order valence-corrected chi connectivity index (χ0v) is 14.8. The fraction of sp³-hybridized carbons (Fsp3) is 0.125. The third-order valence-corrected chi connectivity index (χ3v) is 6.45. The summed E-state index contributed by atoms with van der Waals surface area (Å²) in [7, 11) is 0. The molecule has 1 aromatic heterocycles. The molecule has 0 fully saturated rings. The normalized spacial score (nSPS) is 10.8. The van der Waals surface area contributed by atoms with Crippen LogP contribution in [0.5, 0.6) is 0 Å². The summed E-state index contributed by atoms with van der Waals surface area (Å²) >= 11 is 11.0. The van der Waals surface area contributed by atoms with E-state index >= 15 is 0 Å². The maximum absolute atomic E-state index is 5.89. The van der Waals surface area contributed by atoms with E-state index in [1.54, 1.807) is 34.9 Å². The van der Waals surface area contributed by atoms with Crippen LogP contribution >= 0.6 is 46.5 Å². The van der Waals surface area contributed by atoms with Gasteiger partial charge in [0.15, 0.2) is 8.68 Å². The van der Waals surface area contributed by atoms with E-state index in [-0.39, 0.29) is 0 Å². The zero-order chi connectivity index (χ0) is 15.2. The lowest BCUT2D eigenvalue weighted by atomic mass is 10.2. The van der Waals surface area contributed by atoms with Gasteiger partial charge in [0, 0.05) is 16.5 Å². The van der Waals surface area contributed by atoms with Crippen LogP contribution in [0.2, 0.25) is 5.02 Å². The summed E-state index contributed by atoms with van der Waals surface area (Å²) in [6, 6.07) is 18.3. The van der Waals surface area contributed by atoms with Crippen LogP contribution in [-0.2, 0) is 11.5 Å². The van der Waals surface area contributed by atoms with Crippen molar-refractivity contribution in [3.05, 3.63) is 70.7 Å². The van der Waals surface area contributed by atoms with Crippen LogP contribution in [0.25, 0.3) is 0 Å². The number of benzene rings is 2. The van der Waals surface area contributed by atoms with E-state index in [2.05, 4.69) is 34.5 Å². The van der Waals surface area contributed by atoms with Gasteiger partial charge < -0.3 is 0 Å². The third-order valence-electron chi connectivity index (χ3n) is 2.87. The fourth-order valence-corrected chi connectivity index (χ4v) is 4.82. The minimum absolute atomic E-state index is 0.768. The summed E-state index contributed by atoms with van der Waals surface area (Å²) in [5.41, 5.74) is 2.54. The van der Waals surface area contributed by atoms with E-state index in [0.29, 0.717) is 0 Å². The first-order chi connectivity index (χ1) is 10.8. The van der Waals surface area contributed by atoms with Crippen molar-refractivity contribution in [3.63, 3.8) is 0 Å². The number of hydrogen-bond acceptors (Lipinski definition) is 5. The highest BCUT2D eigenvalue weighted by Gasteiger charge is 2.06. The molecule has 0 spiro atoms. The summed E-state index contributed by atoms with van der Waals surface area (Å²) in [6.45, 7) is 0. The molecule has 0 amide bonds. The Kier molecular flexibility index (Phi) is 5.78. The molecular weight excluding hydrogens is 352 g/mol. The molecule has 0 bridgehead atoms. The van der Waals surface area contributed by atoms with Gasteiger partial charge in [-0.1, -0.05) is 88.9 Å². The minimum atomic E-state index is 0.768. The summed E-state index contributed by atoms with van der Waals surface area (Å²) < 4.78 is 2.02. The monoisotopic (exact) mass is 364 g/mol. The van der Waals surface area contributed by atoms with E-state index < -0.39 is 0 Å². The molecule has 0 saturated heterocycles. The predicted octanol–water partition coefficient (Wildman–Crippen LogP) is 5.78. The summed E-state index contributed by atoms with van der Waals surface area (Å²) in [4.78, 5) is 0. The lowest BCUT2D eigenvalue weighted by molar-refractivity contribution is 0.954. The van der Waals surface area contributed by atoms with Gasteiger partial charge in [0.2, 0.25) is 0 Å². The quantitative estimate of drug-likeness (QED) is 0.518. The van der Waals surface area contributed by atoms with Crippen molar-refractivity contribution in [1.82, 2.24) is 10.2 Å². The molecule has 1 heterocycles. The highest BCUT2D eigenvalue weighted by Crippen LogP contribution is 2.32. The Labute approximate surface area is 147 Å². The molecule has 22 heavy (non-hydrogen) atoms. The molecule has 0 unspecified atom stereocenters. The van der Waals surface area contributed by atoms with Crippen LogP contribution < -0.4 is 0 Å². The van der Waals surface area contributed by atoms with E-state index in [1.165, 1.54) is 11.1 Å². The number of halogens is 1. The Balaban J connectivity index is 1.51. The number of nitrogens with zero attached hydrogens (tertiary/aromatic N) is 2. The third kappa shape index (κ3) is 4.74. The molecule has 0 aliphatic rings. The molecule has 0 N–H and O–H groups in total. The maximum Gasteiger partial charge on any atom is 0.175 e. The van der Waals surface area contributed by atoms with Crippen molar-refractivity contribution in [2.45, 2.75) is 20.2 Å². The minimum Gasteiger partial charge on any atom is -0.131 e. The zero-order valence-electron chi connectivity index (χ0n) is 11.6. The second-order valence-electron chi connectivity index (χ2n) is 4.52. The lowest BCUT2D eigenvalue weighted by Gasteiger charge is -1.98. The van der Waals surface area contributed by atoms with Gasteiger partial charge in [-0.05, 0) is 23.3 Å². The molecule has 6 heteroatoms. The van der Waals surface area contributed by atoms with Gasteiger partial charge in [-0.3, -0.25) is 0 Å². The van der Waals surface area contributed by atoms with Gasteiger partial charge in [-0.15, -0.1) is 10.2 Å². The fourth-order valence-electron chi connectivity index (χ4n) is 1.76. The molecule has 112 valence electrons. The van der Waals surface area contributed by atoms with Gasteiger partial charge in [0.05, 0.1) is 0 Å². The van der Waals surface area contributed by atoms with Crippen molar-refractivity contribution < 1.29 is 0 Å². The van der Waals surface area contributed by atoms with Gasteiger partial charge >= 0.3 is 0 Å². The average Bonchev–Trinajstić information content (AvgIpc) is 3.01. The van der Waals surface area contributed by atoms with E-state index in [0.717, 1.165) is 25.2 Å². The van der Waals surface area contributed by atoms with Crippen LogP contribution in [0, 0.1) is 0 Å². The van der Waals surface area contributed by atoms with Gasteiger partial charge in [0.1, 0.15) is 0 Å². The average molecular weight is 365 g/mol. The molecule has 0 aliphatic carbocycles. The second kappa shape index (κ2) is 8.02. The highest BCUT2D eigenvalue weighted by atomic mass is 35.5. The molecule has 0 atom stereocenters. The number of rotatable bonds is 6. The Morgan fingerprint density at radius 1 is 0.773 bits per heavy atom. The highest BCUT2D eigenvalue weighted by molar-refractivity contribution is 8.02.